The second kappa shape index (κ2) is 5.55. The molecule has 3 rings (SSSR count). The average Bonchev–Trinajstić information content (AvgIpc) is 2.49. The zero-order valence-electron chi connectivity index (χ0n) is 11.7. The molecular weight excluding hydrogens is 295 g/mol. The number of nitrogen functional groups attached to an aromatic ring is 1. The molecule has 1 aliphatic heterocycles. The number of rotatable bonds is 2. The first kappa shape index (κ1) is 14.7. The van der Waals surface area contributed by atoms with Crippen molar-refractivity contribution in [2.24, 2.45) is 0 Å². The normalized spacial score (nSPS) is 27.3. The van der Waals surface area contributed by atoms with Crippen molar-refractivity contribution in [2.75, 3.05) is 18.9 Å². The van der Waals surface area contributed by atoms with Gasteiger partial charge < -0.3 is 10.5 Å². The van der Waals surface area contributed by atoms with Gasteiger partial charge in [0.05, 0.1) is 29.3 Å². The minimum absolute atomic E-state index is 0.0408. The summed E-state index contributed by atoms with van der Waals surface area (Å²) >= 11 is 0. The Balaban J connectivity index is 1.94. The maximum Gasteiger partial charge on any atom is 0.243 e. The van der Waals surface area contributed by atoms with E-state index >= 15 is 0 Å². The van der Waals surface area contributed by atoms with E-state index in [4.69, 9.17) is 10.5 Å². The van der Waals surface area contributed by atoms with Gasteiger partial charge in [-0.3, -0.25) is 0 Å². The highest BCUT2D eigenvalue weighted by Crippen LogP contribution is 2.32. The van der Waals surface area contributed by atoms with E-state index in [1.165, 1.54) is 16.4 Å². The Morgan fingerprint density at radius 1 is 1.29 bits per heavy atom. The first-order valence-electron chi connectivity index (χ1n) is 7.18. The number of nitrogens with zero attached hydrogens (tertiary/aromatic N) is 1. The van der Waals surface area contributed by atoms with Crippen molar-refractivity contribution in [3.8, 4) is 0 Å². The number of fused-ring (bicyclic) bond motifs is 1. The lowest BCUT2D eigenvalue weighted by molar-refractivity contribution is -0.0586. The van der Waals surface area contributed by atoms with E-state index in [1.54, 1.807) is 0 Å². The number of nitrogens with two attached hydrogens (primary N) is 1. The Kier molecular flexibility index (Phi) is 3.90. The number of hydrogen-bond acceptors (Lipinski definition) is 4. The van der Waals surface area contributed by atoms with Crippen molar-refractivity contribution < 1.29 is 17.5 Å². The van der Waals surface area contributed by atoms with E-state index in [2.05, 4.69) is 0 Å². The predicted octanol–water partition coefficient (Wildman–Crippen LogP) is 1.74. The number of benzene rings is 1. The molecule has 2 aliphatic rings. The zero-order valence-corrected chi connectivity index (χ0v) is 12.5. The van der Waals surface area contributed by atoms with Gasteiger partial charge in [0.25, 0.3) is 0 Å². The minimum Gasteiger partial charge on any atom is -0.396 e. The molecule has 0 radical (unpaired) electrons. The summed E-state index contributed by atoms with van der Waals surface area (Å²) in [5.41, 5.74) is 5.36. The van der Waals surface area contributed by atoms with Crippen LogP contribution in [0.4, 0.5) is 10.1 Å². The monoisotopic (exact) mass is 314 g/mol. The van der Waals surface area contributed by atoms with E-state index in [1.807, 2.05) is 0 Å². The van der Waals surface area contributed by atoms with Gasteiger partial charge in [-0.25, -0.2) is 12.8 Å². The maximum absolute atomic E-state index is 13.6. The molecule has 2 unspecified atom stereocenters. The van der Waals surface area contributed by atoms with Crippen molar-refractivity contribution in [3.63, 3.8) is 0 Å². The van der Waals surface area contributed by atoms with Crippen molar-refractivity contribution in [1.29, 1.82) is 0 Å². The molecule has 21 heavy (non-hydrogen) atoms. The third-order valence-corrected chi connectivity index (χ3v) is 6.18. The van der Waals surface area contributed by atoms with Gasteiger partial charge in [-0.1, -0.05) is 12.8 Å². The van der Waals surface area contributed by atoms with Crippen LogP contribution in [0.3, 0.4) is 0 Å². The Morgan fingerprint density at radius 2 is 2.05 bits per heavy atom. The molecule has 0 bridgehead atoms. The van der Waals surface area contributed by atoms with E-state index < -0.39 is 15.8 Å². The van der Waals surface area contributed by atoms with Crippen LogP contribution in [0, 0.1) is 5.82 Å². The molecule has 7 heteroatoms. The Morgan fingerprint density at radius 3 is 2.81 bits per heavy atom. The molecule has 2 atom stereocenters. The summed E-state index contributed by atoms with van der Waals surface area (Å²) in [5.74, 6) is -0.704. The lowest BCUT2D eigenvalue weighted by Gasteiger charge is -2.42. The molecule has 2 fully saturated rings. The van der Waals surface area contributed by atoms with Gasteiger partial charge in [0, 0.05) is 6.54 Å². The summed E-state index contributed by atoms with van der Waals surface area (Å²) in [7, 11) is -3.71. The van der Waals surface area contributed by atoms with Crippen LogP contribution in [0.15, 0.2) is 23.1 Å². The number of halogens is 1. The van der Waals surface area contributed by atoms with E-state index in [9.17, 15) is 12.8 Å². The zero-order chi connectivity index (χ0) is 15.0. The molecule has 1 heterocycles. The summed E-state index contributed by atoms with van der Waals surface area (Å²) in [6.07, 6.45) is 3.69. The average molecular weight is 314 g/mol. The van der Waals surface area contributed by atoms with E-state index in [-0.39, 0.29) is 22.7 Å². The van der Waals surface area contributed by atoms with Crippen LogP contribution < -0.4 is 5.73 Å². The summed E-state index contributed by atoms with van der Waals surface area (Å²) in [6, 6.07) is 3.51. The molecular formula is C14H19FN2O3S. The number of morpholine rings is 1. The molecule has 0 aromatic heterocycles. The Bertz CT molecular complexity index is 633. The number of hydrogen-bond donors (Lipinski definition) is 1. The Hall–Kier alpha value is -1.18. The van der Waals surface area contributed by atoms with E-state index in [0.29, 0.717) is 13.2 Å². The molecule has 1 aliphatic carbocycles. The summed E-state index contributed by atoms with van der Waals surface area (Å²) in [5, 5.41) is 0. The summed E-state index contributed by atoms with van der Waals surface area (Å²) < 4.78 is 46.3. The third-order valence-electron chi connectivity index (χ3n) is 4.26. The van der Waals surface area contributed by atoms with Crippen LogP contribution in [-0.4, -0.2) is 38.0 Å². The van der Waals surface area contributed by atoms with Crippen molar-refractivity contribution >= 4 is 15.7 Å². The second-order valence-electron chi connectivity index (χ2n) is 5.56. The standard InChI is InChI=1S/C14H19FN2O3S/c15-11-9-10(5-6-12(11)16)21(18,19)17-7-8-20-14-4-2-1-3-13(14)17/h5-6,9,13-14H,1-4,7-8,16H2. The molecule has 0 spiro atoms. The number of ether oxygens (including phenoxy) is 1. The SMILES string of the molecule is Nc1ccc(S(=O)(=O)N2CCOC3CCCCC32)cc1F. The molecule has 1 saturated heterocycles. The molecule has 1 aromatic carbocycles. The van der Waals surface area contributed by atoms with Gasteiger partial charge >= 0.3 is 0 Å². The van der Waals surface area contributed by atoms with Crippen molar-refractivity contribution in [2.45, 2.75) is 42.7 Å². The molecule has 0 amide bonds. The Labute approximate surface area is 123 Å². The maximum atomic E-state index is 13.6. The van der Waals surface area contributed by atoms with Gasteiger partial charge in [0.1, 0.15) is 5.82 Å². The van der Waals surface area contributed by atoms with Gasteiger partial charge in [0.15, 0.2) is 0 Å². The number of anilines is 1. The highest BCUT2D eigenvalue weighted by atomic mass is 32.2. The van der Waals surface area contributed by atoms with E-state index in [0.717, 1.165) is 31.7 Å². The molecule has 116 valence electrons. The first-order valence-corrected chi connectivity index (χ1v) is 8.62. The third kappa shape index (κ3) is 2.65. The lowest BCUT2D eigenvalue weighted by Crippen LogP contribution is -2.54. The minimum atomic E-state index is -3.71. The molecule has 5 nitrogen and oxygen atoms in total. The quantitative estimate of drug-likeness (QED) is 0.844. The smallest absolute Gasteiger partial charge is 0.243 e. The lowest BCUT2D eigenvalue weighted by atomic mass is 9.91. The predicted molar refractivity (Wildman–Crippen MR) is 76.7 cm³/mol. The van der Waals surface area contributed by atoms with Gasteiger partial charge in [-0.15, -0.1) is 0 Å². The first-order chi connectivity index (χ1) is 10.00. The number of sulfonamides is 1. The summed E-state index contributed by atoms with van der Waals surface area (Å²) in [6.45, 7) is 0.702. The fraction of sp³-hybridized carbons (Fsp3) is 0.571. The second-order valence-corrected chi connectivity index (χ2v) is 7.45. The van der Waals surface area contributed by atoms with Gasteiger partial charge in [-0.2, -0.15) is 4.31 Å². The largest absolute Gasteiger partial charge is 0.396 e. The van der Waals surface area contributed by atoms with Crippen LogP contribution >= 0.6 is 0 Å². The molecule has 1 aromatic rings. The highest BCUT2D eigenvalue weighted by molar-refractivity contribution is 7.89. The van der Waals surface area contributed by atoms with Crippen LogP contribution in [0.1, 0.15) is 25.7 Å². The van der Waals surface area contributed by atoms with Gasteiger partial charge in [-0.05, 0) is 31.0 Å². The summed E-state index contributed by atoms with van der Waals surface area (Å²) in [4.78, 5) is -0.0413. The van der Waals surface area contributed by atoms with Gasteiger partial charge in [0.2, 0.25) is 10.0 Å². The van der Waals surface area contributed by atoms with Crippen LogP contribution in [-0.2, 0) is 14.8 Å². The van der Waals surface area contributed by atoms with Crippen molar-refractivity contribution in [1.82, 2.24) is 4.31 Å². The molecule has 2 N–H and O–H groups in total. The topological polar surface area (TPSA) is 72.6 Å². The van der Waals surface area contributed by atoms with Crippen LogP contribution in [0.5, 0.6) is 0 Å². The highest BCUT2D eigenvalue weighted by Gasteiger charge is 2.40. The van der Waals surface area contributed by atoms with Crippen LogP contribution in [0.25, 0.3) is 0 Å². The van der Waals surface area contributed by atoms with Crippen LogP contribution in [0.2, 0.25) is 0 Å². The fourth-order valence-corrected chi connectivity index (χ4v) is 4.84. The fourth-order valence-electron chi connectivity index (χ4n) is 3.16. The van der Waals surface area contributed by atoms with Crippen molar-refractivity contribution in [3.05, 3.63) is 24.0 Å². The molecule has 1 saturated carbocycles.